The second-order valence-electron chi connectivity index (χ2n) is 8.93. The molecule has 0 fully saturated rings. The van der Waals surface area contributed by atoms with Crippen LogP contribution in [0.15, 0.2) is 23.2 Å². The van der Waals surface area contributed by atoms with Gasteiger partial charge in [0.1, 0.15) is 0 Å². The highest BCUT2D eigenvalue weighted by atomic mass is 28.4. The van der Waals surface area contributed by atoms with Crippen molar-refractivity contribution in [2.75, 3.05) is 27.3 Å². The van der Waals surface area contributed by atoms with Crippen molar-refractivity contribution < 1.29 is 14.0 Å². The Morgan fingerprint density at radius 2 is 2.07 bits per heavy atom. The fourth-order valence-corrected chi connectivity index (χ4v) is 3.85. The first-order valence-corrected chi connectivity index (χ1v) is 12.6. The number of ether oxygens (including phenoxy) is 1. The molecule has 0 N–H and O–H groups in total. The molecular weight excluding hydrogens is 356 g/mol. The molecule has 1 aliphatic heterocycles. The molecule has 5 nitrogen and oxygen atoms in total. The molecule has 0 saturated carbocycles. The zero-order chi connectivity index (χ0) is 20.2. The molecule has 1 aromatic rings. The van der Waals surface area contributed by atoms with Crippen LogP contribution in [0.3, 0.4) is 0 Å². The molecule has 0 saturated heterocycles. The summed E-state index contributed by atoms with van der Waals surface area (Å²) in [7, 11) is 1.95. The molecule has 27 heavy (non-hydrogen) atoms. The van der Waals surface area contributed by atoms with Crippen LogP contribution in [0.2, 0.25) is 18.1 Å². The van der Waals surface area contributed by atoms with Gasteiger partial charge < -0.3 is 14.1 Å². The fourth-order valence-electron chi connectivity index (χ4n) is 2.79. The molecule has 2 rings (SSSR count). The molecule has 150 valence electrons. The topological polar surface area (TPSA) is 51.1 Å². The Kier molecular flexibility index (Phi) is 7.00. The zero-order valence-electron chi connectivity index (χ0n) is 17.8. The van der Waals surface area contributed by atoms with E-state index in [1.54, 1.807) is 4.90 Å². The largest absolute Gasteiger partial charge is 0.417 e. The Balaban J connectivity index is 2.05. The summed E-state index contributed by atoms with van der Waals surface area (Å²) in [5.41, 5.74) is 2.99. The number of fused-ring (bicyclic) bond motifs is 1. The predicted molar refractivity (Wildman–Crippen MR) is 113 cm³/mol. The number of amides is 1. The first-order valence-electron chi connectivity index (χ1n) is 9.64. The summed E-state index contributed by atoms with van der Waals surface area (Å²) in [5.74, 6) is -0.212. The van der Waals surface area contributed by atoms with E-state index in [4.69, 9.17) is 9.16 Å². The van der Waals surface area contributed by atoms with Gasteiger partial charge in [-0.05, 0) is 54.2 Å². The third kappa shape index (κ3) is 5.73. The molecule has 0 spiro atoms. The van der Waals surface area contributed by atoms with Gasteiger partial charge in [-0.2, -0.15) is 4.99 Å². The van der Waals surface area contributed by atoms with Crippen molar-refractivity contribution in [3.8, 4) is 0 Å². The Hall–Kier alpha value is -1.50. The smallest absolute Gasteiger partial charge is 0.278 e. The van der Waals surface area contributed by atoms with E-state index in [0.29, 0.717) is 18.8 Å². The van der Waals surface area contributed by atoms with Gasteiger partial charge in [0.05, 0.1) is 19.0 Å². The zero-order valence-corrected chi connectivity index (χ0v) is 18.8. The minimum Gasteiger partial charge on any atom is -0.417 e. The highest BCUT2D eigenvalue weighted by Gasteiger charge is 2.37. The maximum Gasteiger partial charge on any atom is 0.278 e. The third-order valence-corrected chi connectivity index (χ3v) is 10.0. The van der Waals surface area contributed by atoms with Gasteiger partial charge in [-0.25, -0.2) is 0 Å². The lowest BCUT2D eigenvalue weighted by Crippen LogP contribution is -2.41. The van der Waals surface area contributed by atoms with Crippen LogP contribution >= 0.6 is 0 Å². The van der Waals surface area contributed by atoms with Crippen molar-refractivity contribution >= 4 is 20.6 Å². The van der Waals surface area contributed by atoms with Crippen molar-refractivity contribution in [2.45, 2.75) is 57.8 Å². The molecule has 0 aliphatic carbocycles. The molecule has 1 atom stereocenters. The Bertz CT molecular complexity index is 693. The highest BCUT2D eigenvalue weighted by Crippen LogP contribution is 2.37. The van der Waals surface area contributed by atoms with Gasteiger partial charge in [-0.15, -0.1) is 0 Å². The molecule has 1 heterocycles. The summed E-state index contributed by atoms with van der Waals surface area (Å²) in [5, 5.41) is 0.209. The van der Waals surface area contributed by atoms with E-state index >= 15 is 0 Å². The van der Waals surface area contributed by atoms with E-state index in [9.17, 15) is 4.79 Å². The van der Waals surface area contributed by atoms with Crippen LogP contribution in [0, 0.1) is 0 Å². The third-order valence-electron chi connectivity index (χ3n) is 5.48. The molecule has 0 aromatic heterocycles. The number of hydrogen-bond donors (Lipinski definition) is 0. The molecule has 0 radical (unpaired) electrons. The van der Waals surface area contributed by atoms with E-state index in [1.807, 2.05) is 32.3 Å². The summed E-state index contributed by atoms with van der Waals surface area (Å²) in [6, 6.07) is 5.84. The number of benzene rings is 1. The predicted octanol–water partition coefficient (Wildman–Crippen LogP) is 4.44. The van der Waals surface area contributed by atoms with E-state index in [1.165, 1.54) is 17.5 Å². The Morgan fingerprint density at radius 3 is 2.70 bits per heavy atom. The quantitative estimate of drug-likeness (QED) is 0.409. The average Bonchev–Trinajstić information content (AvgIpc) is 2.58. The van der Waals surface area contributed by atoms with Crippen LogP contribution in [-0.4, -0.2) is 52.8 Å². The van der Waals surface area contributed by atoms with Gasteiger partial charge in [-0.3, -0.25) is 4.79 Å². The number of aliphatic imine (C=N–C) groups is 1. The summed E-state index contributed by atoms with van der Waals surface area (Å²) in [4.78, 5) is 18.0. The first-order chi connectivity index (χ1) is 12.5. The van der Waals surface area contributed by atoms with Crippen LogP contribution in [0.25, 0.3) is 0 Å². The maximum atomic E-state index is 12.2. The van der Waals surface area contributed by atoms with Gasteiger partial charge >= 0.3 is 0 Å². The summed E-state index contributed by atoms with van der Waals surface area (Å²) in [6.07, 6.45) is 3.23. The summed E-state index contributed by atoms with van der Waals surface area (Å²) in [6.45, 7) is 12.7. The van der Waals surface area contributed by atoms with Gasteiger partial charge in [-0.1, -0.05) is 26.8 Å². The molecule has 1 amide bonds. The van der Waals surface area contributed by atoms with Crippen LogP contribution in [0.1, 0.15) is 54.8 Å². The first kappa shape index (κ1) is 21.8. The SMILES string of the molecule is CN(C)C=NC(=O)c1ccc2c(c1)CCOC2CCO[Si](C)(C)C(C)(C)C. The lowest BCUT2D eigenvalue weighted by atomic mass is 9.94. The van der Waals surface area contributed by atoms with Crippen LogP contribution in [0.4, 0.5) is 0 Å². The number of nitrogens with zero attached hydrogens (tertiary/aromatic N) is 2. The average molecular weight is 391 g/mol. The van der Waals surface area contributed by atoms with Crippen LogP contribution in [0.5, 0.6) is 0 Å². The van der Waals surface area contributed by atoms with Crippen molar-refractivity contribution in [2.24, 2.45) is 4.99 Å². The molecule has 1 aliphatic rings. The lowest BCUT2D eigenvalue weighted by molar-refractivity contribution is 0.0264. The summed E-state index contributed by atoms with van der Waals surface area (Å²) < 4.78 is 12.3. The molecule has 0 bridgehead atoms. The highest BCUT2D eigenvalue weighted by molar-refractivity contribution is 6.74. The van der Waals surface area contributed by atoms with Gasteiger partial charge in [0.15, 0.2) is 8.32 Å². The van der Waals surface area contributed by atoms with Crippen molar-refractivity contribution in [3.05, 3.63) is 34.9 Å². The van der Waals surface area contributed by atoms with E-state index < -0.39 is 8.32 Å². The second kappa shape index (κ2) is 8.67. The van der Waals surface area contributed by atoms with Crippen molar-refractivity contribution in [3.63, 3.8) is 0 Å². The minimum absolute atomic E-state index is 0.0351. The standard InChI is InChI=1S/C21H34N2O3Si/c1-21(2,3)27(6,7)26-13-11-19-18-9-8-17(14-16(18)10-12-25-19)20(24)22-15-23(4)5/h8-9,14-15,19H,10-13H2,1-7H3. The maximum absolute atomic E-state index is 12.2. The number of carbonyl (C=O) groups excluding carboxylic acids is 1. The van der Waals surface area contributed by atoms with Gasteiger partial charge in [0.2, 0.25) is 0 Å². The Labute approximate surface area is 164 Å². The molecule has 1 unspecified atom stereocenters. The number of hydrogen-bond acceptors (Lipinski definition) is 3. The van der Waals surface area contributed by atoms with Gasteiger partial charge in [0.25, 0.3) is 5.91 Å². The molecule has 1 aromatic carbocycles. The van der Waals surface area contributed by atoms with Crippen LogP contribution < -0.4 is 0 Å². The molecular formula is C21H34N2O3Si. The van der Waals surface area contributed by atoms with Gasteiger partial charge in [0, 0.05) is 26.3 Å². The minimum atomic E-state index is -1.74. The summed E-state index contributed by atoms with van der Waals surface area (Å²) >= 11 is 0. The van der Waals surface area contributed by atoms with Crippen molar-refractivity contribution in [1.82, 2.24) is 4.90 Å². The van der Waals surface area contributed by atoms with Crippen molar-refractivity contribution in [1.29, 1.82) is 0 Å². The normalized spacial score (nSPS) is 17.8. The fraction of sp³-hybridized carbons (Fsp3) is 0.619. The Morgan fingerprint density at radius 1 is 1.37 bits per heavy atom. The van der Waals surface area contributed by atoms with Crippen LogP contribution in [-0.2, 0) is 15.6 Å². The molecule has 6 heteroatoms. The monoisotopic (exact) mass is 390 g/mol. The second-order valence-corrected chi connectivity index (χ2v) is 13.7. The van der Waals surface area contributed by atoms with E-state index in [0.717, 1.165) is 12.8 Å². The lowest BCUT2D eigenvalue weighted by Gasteiger charge is -2.37. The number of carbonyl (C=O) groups is 1. The van der Waals surface area contributed by atoms with E-state index in [2.05, 4.69) is 38.9 Å². The van der Waals surface area contributed by atoms with E-state index in [-0.39, 0.29) is 17.0 Å². The number of rotatable bonds is 6.